The maximum atomic E-state index is 8.26. The Labute approximate surface area is 128 Å². The van der Waals surface area contributed by atoms with Crippen LogP contribution >= 0.6 is 0 Å². The van der Waals surface area contributed by atoms with Crippen LogP contribution in [0.25, 0.3) is 10.4 Å². The Balaban J connectivity index is 2.95. The molecule has 116 valence electrons. The molecule has 0 heterocycles. The van der Waals surface area contributed by atoms with E-state index in [0.717, 1.165) is 12.2 Å². The maximum absolute atomic E-state index is 8.26. The first-order valence-corrected chi connectivity index (χ1v) is 7.45. The van der Waals surface area contributed by atoms with Gasteiger partial charge < -0.3 is 4.74 Å². The molecule has 0 saturated carbocycles. The third kappa shape index (κ3) is 5.31. The van der Waals surface area contributed by atoms with Crippen LogP contribution in [0.3, 0.4) is 0 Å². The van der Waals surface area contributed by atoms with Crippen LogP contribution in [-0.2, 0) is 10.8 Å². The zero-order chi connectivity index (χ0) is 16.1. The van der Waals surface area contributed by atoms with Gasteiger partial charge in [-0.1, -0.05) is 58.8 Å². The number of azide groups is 1. The highest BCUT2D eigenvalue weighted by Crippen LogP contribution is 2.35. The van der Waals surface area contributed by atoms with Gasteiger partial charge in [0.05, 0.1) is 6.61 Å². The quantitative estimate of drug-likeness (QED) is 0.311. The van der Waals surface area contributed by atoms with Crippen molar-refractivity contribution in [1.29, 1.82) is 0 Å². The molecule has 0 unspecified atom stereocenters. The van der Waals surface area contributed by atoms with Gasteiger partial charge in [-0.2, -0.15) is 0 Å². The van der Waals surface area contributed by atoms with Crippen molar-refractivity contribution in [1.82, 2.24) is 0 Å². The molecule has 1 aromatic carbocycles. The molecule has 0 spiro atoms. The topological polar surface area (TPSA) is 58.0 Å². The lowest BCUT2D eigenvalue weighted by Crippen LogP contribution is -2.18. The van der Waals surface area contributed by atoms with Crippen molar-refractivity contribution in [2.24, 2.45) is 5.11 Å². The van der Waals surface area contributed by atoms with E-state index in [9.17, 15) is 0 Å². The lowest BCUT2D eigenvalue weighted by Gasteiger charge is -2.27. The molecule has 1 aromatic rings. The summed E-state index contributed by atoms with van der Waals surface area (Å²) in [6.07, 6.45) is 0.731. The fraction of sp³-hybridized carbons (Fsp3) is 0.647. The van der Waals surface area contributed by atoms with Crippen molar-refractivity contribution in [3.63, 3.8) is 0 Å². The van der Waals surface area contributed by atoms with Gasteiger partial charge in [0.1, 0.15) is 5.75 Å². The third-order valence-corrected chi connectivity index (χ3v) is 3.38. The maximum Gasteiger partial charge on any atom is 0.123 e. The largest absolute Gasteiger partial charge is 0.493 e. The van der Waals surface area contributed by atoms with Crippen LogP contribution in [0.15, 0.2) is 23.3 Å². The molecule has 0 amide bonds. The first kappa shape index (κ1) is 17.4. The van der Waals surface area contributed by atoms with Crippen molar-refractivity contribution in [3.8, 4) is 5.75 Å². The summed E-state index contributed by atoms with van der Waals surface area (Å²) < 4.78 is 5.89. The predicted octanol–water partition coefficient (Wildman–Crippen LogP) is 5.36. The fourth-order valence-electron chi connectivity index (χ4n) is 2.07. The molecule has 21 heavy (non-hydrogen) atoms. The van der Waals surface area contributed by atoms with Crippen molar-refractivity contribution >= 4 is 0 Å². The van der Waals surface area contributed by atoms with E-state index in [2.05, 4.69) is 69.8 Å². The minimum atomic E-state index is 0.0292. The first-order valence-electron chi connectivity index (χ1n) is 7.45. The van der Waals surface area contributed by atoms with Gasteiger partial charge in [0, 0.05) is 11.5 Å². The van der Waals surface area contributed by atoms with Crippen LogP contribution in [0.4, 0.5) is 0 Å². The highest BCUT2D eigenvalue weighted by molar-refractivity contribution is 5.43. The summed E-state index contributed by atoms with van der Waals surface area (Å²) in [7, 11) is 0. The average molecular weight is 289 g/mol. The van der Waals surface area contributed by atoms with Crippen molar-refractivity contribution < 1.29 is 4.74 Å². The zero-order valence-corrected chi connectivity index (χ0v) is 14.1. The highest BCUT2D eigenvalue weighted by atomic mass is 16.5. The minimum absolute atomic E-state index is 0.0292. The van der Waals surface area contributed by atoms with E-state index in [1.807, 2.05) is 0 Å². The molecule has 0 bridgehead atoms. The van der Waals surface area contributed by atoms with Gasteiger partial charge in [-0.3, -0.25) is 0 Å². The van der Waals surface area contributed by atoms with Gasteiger partial charge in [-0.25, -0.2) is 0 Å². The number of rotatable bonds is 5. The predicted molar refractivity (Wildman–Crippen MR) is 88.0 cm³/mol. The Morgan fingerprint density at radius 3 is 2.29 bits per heavy atom. The summed E-state index contributed by atoms with van der Waals surface area (Å²) in [5, 5.41) is 3.52. The average Bonchev–Trinajstić information content (AvgIpc) is 2.36. The summed E-state index contributed by atoms with van der Waals surface area (Å²) >= 11 is 0. The monoisotopic (exact) mass is 289 g/mol. The molecule has 1 rings (SSSR count). The number of nitrogens with zero attached hydrogens (tertiary/aromatic N) is 3. The molecule has 0 aliphatic heterocycles. The van der Waals surface area contributed by atoms with Crippen LogP contribution < -0.4 is 4.74 Å². The van der Waals surface area contributed by atoms with Crippen molar-refractivity contribution in [3.05, 3.63) is 39.8 Å². The Morgan fingerprint density at radius 2 is 1.76 bits per heavy atom. The highest BCUT2D eigenvalue weighted by Gasteiger charge is 2.22. The molecule has 0 saturated heterocycles. The SMILES string of the molecule is CC(C)(C)c1ccc(OCCCN=[N+]=[N-])c(C(C)(C)C)c1. The molecule has 0 aliphatic rings. The number of ether oxygens (including phenoxy) is 1. The van der Waals surface area contributed by atoms with Gasteiger partial charge in [-0.05, 0) is 40.0 Å². The molecule has 0 aromatic heterocycles. The lowest BCUT2D eigenvalue weighted by atomic mass is 9.80. The fourth-order valence-corrected chi connectivity index (χ4v) is 2.07. The van der Waals surface area contributed by atoms with Crippen LogP contribution in [0, 0.1) is 0 Å². The van der Waals surface area contributed by atoms with Crippen LogP contribution in [0.5, 0.6) is 5.75 Å². The van der Waals surface area contributed by atoms with Crippen LogP contribution in [-0.4, -0.2) is 13.2 Å². The second kappa shape index (κ2) is 6.86. The Morgan fingerprint density at radius 1 is 1.10 bits per heavy atom. The smallest absolute Gasteiger partial charge is 0.123 e. The van der Waals surface area contributed by atoms with Crippen LogP contribution in [0.1, 0.15) is 59.1 Å². The van der Waals surface area contributed by atoms with Gasteiger partial charge in [-0.15, -0.1) is 0 Å². The van der Waals surface area contributed by atoms with E-state index >= 15 is 0 Å². The summed E-state index contributed by atoms with van der Waals surface area (Å²) in [5.74, 6) is 0.927. The molecular formula is C17H27N3O. The molecule has 0 N–H and O–H groups in total. The van der Waals surface area contributed by atoms with Crippen molar-refractivity contribution in [2.75, 3.05) is 13.2 Å². The molecular weight excluding hydrogens is 262 g/mol. The second-order valence-electron chi connectivity index (χ2n) is 7.37. The number of hydrogen-bond acceptors (Lipinski definition) is 2. The molecule has 0 fully saturated rings. The van der Waals surface area contributed by atoms with E-state index in [4.69, 9.17) is 10.3 Å². The Hall–Kier alpha value is -1.67. The lowest BCUT2D eigenvalue weighted by molar-refractivity contribution is 0.304. The normalized spacial score (nSPS) is 11.9. The molecule has 0 radical (unpaired) electrons. The minimum Gasteiger partial charge on any atom is -0.493 e. The molecule has 0 atom stereocenters. The standard InChI is InChI=1S/C17H27N3O/c1-16(2,3)13-8-9-15(14(12-13)17(4,5)6)21-11-7-10-19-20-18/h8-9,12H,7,10-11H2,1-6H3. The summed E-state index contributed by atoms with van der Waals surface area (Å²) in [6, 6.07) is 6.45. The van der Waals surface area contributed by atoms with Gasteiger partial charge in [0.2, 0.25) is 0 Å². The second-order valence-corrected chi connectivity index (χ2v) is 7.37. The summed E-state index contributed by atoms with van der Waals surface area (Å²) in [6.45, 7) is 14.3. The Kier molecular flexibility index (Phi) is 5.68. The summed E-state index contributed by atoms with van der Waals surface area (Å²) in [5.41, 5.74) is 10.9. The van der Waals surface area contributed by atoms with E-state index in [1.165, 1.54) is 11.1 Å². The zero-order valence-electron chi connectivity index (χ0n) is 14.1. The molecule has 4 nitrogen and oxygen atoms in total. The number of hydrogen-bond donors (Lipinski definition) is 0. The van der Waals surface area contributed by atoms with E-state index in [-0.39, 0.29) is 10.8 Å². The van der Waals surface area contributed by atoms with E-state index < -0.39 is 0 Å². The number of benzene rings is 1. The first-order chi connectivity index (χ1) is 9.66. The van der Waals surface area contributed by atoms with E-state index in [0.29, 0.717) is 13.2 Å². The molecule has 0 aliphatic carbocycles. The van der Waals surface area contributed by atoms with Gasteiger partial charge >= 0.3 is 0 Å². The van der Waals surface area contributed by atoms with Gasteiger partial charge in [0.25, 0.3) is 0 Å². The molecule has 4 heteroatoms. The van der Waals surface area contributed by atoms with Crippen LogP contribution in [0.2, 0.25) is 0 Å². The Bertz CT molecular complexity index is 518. The third-order valence-electron chi connectivity index (χ3n) is 3.38. The van der Waals surface area contributed by atoms with E-state index in [1.54, 1.807) is 0 Å². The van der Waals surface area contributed by atoms with Crippen molar-refractivity contribution in [2.45, 2.75) is 58.8 Å². The van der Waals surface area contributed by atoms with Gasteiger partial charge in [0.15, 0.2) is 0 Å². The summed E-state index contributed by atoms with van der Waals surface area (Å²) in [4.78, 5) is 2.75.